The van der Waals surface area contributed by atoms with Crippen molar-refractivity contribution in [1.29, 1.82) is 0 Å². The molecule has 0 radical (unpaired) electrons. The molecule has 0 bridgehead atoms. The van der Waals surface area contributed by atoms with Crippen LogP contribution >= 0.6 is 11.6 Å². The van der Waals surface area contributed by atoms with Gasteiger partial charge in [0.15, 0.2) is 0 Å². The molecule has 0 saturated heterocycles. The lowest BCUT2D eigenvalue weighted by Gasteiger charge is -2.07. The number of hydrogen-bond donors (Lipinski definition) is 1. The second-order valence-electron chi connectivity index (χ2n) is 4.48. The molecule has 0 aliphatic heterocycles. The summed E-state index contributed by atoms with van der Waals surface area (Å²) in [5.41, 5.74) is 7.95. The topological polar surface area (TPSA) is 60.9 Å². The Morgan fingerprint density at radius 2 is 1.85 bits per heavy atom. The van der Waals surface area contributed by atoms with Gasteiger partial charge in [-0.15, -0.1) is 0 Å². The molecule has 0 fully saturated rings. The highest BCUT2D eigenvalue weighted by atomic mass is 35.5. The van der Waals surface area contributed by atoms with Crippen LogP contribution in [0.15, 0.2) is 48.5 Å². The fourth-order valence-electron chi connectivity index (χ4n) is 2.21. The van der Waals surface area contributed by atoms with Crippen molar-refractivity contribution in [2.45, 2.75) is 6.54 Å². The second kappa shape index (κ2) is 4.98. The molecule has 100 valence electrons. The maximum absolute atomic E-state index is 11.3. The first-order valence-electron chi connectivity index (χ1n) is 6.14. The number of carbonyl (C=O) groups excluding carboxylic acids is 1. The normalized spacial score (nSPS) is 10.8. The third-order valence-electron chi connectivity index (χ3n) is 3.07. The van der Waals surface area contributed by atoms with E-state index < -0.39 is 5.91 Å². The Kier molecular flexibility index (Phi) is 3.16. The van der Waals surface area contributed by atoms with Gasteiger partial charge in [-0.25, -0.2) is 4.98 Å². The summed E-state index contributed by atoms with van der Waals surface area (Å²) in [5, 5.41) is 0.659. The maximum atomic E-state index is 11.3. The van der Waals surface area contributed by atoms with Gasteiger partial charge in [-0.1, -0.05) is 23.7 Å². The zero-order chi connectivity index (χ0) is 14.1. The van der Waals surface area contributed by atoms with E-state index in [0.29, 0.717) is 10.8 Å². The molecule has 1 heterocycles. The Labute approximate surface area is 120 Å². The Hall–Kier alpha value is -2.33. The summed E-state index contributed by atoms with van der Waals surface area (Å²) < 4.78 is 1.82. The van der Waals surface area contributed by atoms with Crippen LogP contribution in [0.5, 0.6) is 0 Å². The van der Waals surface area contributed by atoms with Gasteiger partial charge in [0.05, 0.1) is 11.0 Å². The van der Waals surface area contributed by atoms with Gasteiger partial charge < -0.3 is 10.3 Å². The summed E-state index contributed by atoms with van der Waals surface area (Å²) in [7, 11) is 0. The van der Waals surface area contributed by atoms with E-state index in [0.717, 1.165) is 16.6 Å². The van der Waals surface area contributed by atoms with Crippen LogP contribution in [0, 0.1) is 0 Å². The Balaban J connectivity index is 2.23. The standard InChI is InChI=1S/C15H12ClN3O/c16-11-7-5-10(6-8-11)15-18-12-3-1-2-4-13(12)19(15)9-14(17)20/h1-8H,9H2,(H2,17,20). The third kappa shape index (κ3) is 2.26. The zero-order valence-electron chi connectivity index (χ0n) is 10.6. The van der Waals surface area contributed by atoms with Crippen molar-refractivity contribution in [3.63, 3.8) is 0 Å². The number of hydrogen-bond acceptors (Lipinski definition) is 2. The minimum absolute atomic E-state index is 0.0957. The highest BCUT2D eigenvalue weighted by Gasteiger charge is 2.13. The van der Waals surface area contributed by atoms with E-state index >= 15 is 0 Å². The molecule has 3 aromatic rings. The lowest BCUT2D eigenvalue weighted by molar-refractivity contribution is -0.118. The van der Waals surface area contributed by atoms with E-state index in [1.165, 1.54) is 0 Å². The molecule has 1 amide bonds. The molecule has 2 aromatic carbocycles. The summed E-state index contributed by atoms with van der Waals surface area (Å²) in [6.07, 6.45) is 0. The molecule has 5 heteroatoms. The highest BCUT2D eigenvalue weighted by molar-refractivity contribution is 6.30. The van der Waals surface area contributed by atoms with Crippen molar-refractivity contribution < 1.29 is 4.79 Å². The van der Waals surface area contributed by atoms with Crippen molar-refractivity contribution >= 4 is 28.5 Å². The van der Waals surface area contributed by atoms with Crippen molar-refractivity contribution in [1.82, 2.24) is 9.55 Å². The number of benzene rings is 2. The quantitative estimate of drug-likeness (QED) is 0.804. The van der Waals surface area contributed by atoms with E-state index in [1.807, 2.05) is 41.0 Å². The van der Waals surface area contributed by atoms with Gasteiger partial charge in [0.2, 0.25) is 5.91 Å². The van der Waals surface area contributed by atoms with Crippen LogP contribution in [0.4, 0.5) is 0 Å². The molecule has 4 nitrogen and oxygen atoms in total. The van der Waals surface area contributed by atoms with Crippen molar-refractivity contribution in [3.8, 4) is 11.4 Å². The Bertz CT molecular complexity index is 777. The zero-order valence-corrected chi connectivity index (χ0v) is 11.3. The molecule has 0 aliphatic carbocycles. The van der Waals surface area contributed by atoms with E-state index in [9.17, 15) is 4.79 Å². The first-order valence-corrected chi connectivity index (χ1v) is 6.52. The summed E-state index contributed by atoms with van der Waals surface area (Å²) in [4.78, 5) is 15.9. The molecule has 0 spiro atoms. The number of nitrogens with zero attached hydrogens (tertiary/aromatic N) is 2. The average molecular weight is 286 g/mol. The largest absolute Gasteiger partial charge is 0.368 e. The minimum Gasteiger partial charge on any atom is -0.368 e. The van der Waals surface area contributed by atoms with E-state index in [4.69, 9.17) is 17.3 Å². The van der Waals surface area contributed by atoms with Crippen LogP contribution in [0.1, 0.15) is 0 Å². The molecule has 2 N–H and O–H groups in total. The van der Waals surface area contributed by atoms with Gasteiger partial charge in [-0.2, -0.15) is 0 Å². The third-order valence-corrected chi connectivity index (χ3v) is 3.32. The molecule has 0 unspecified atom stereocenters. The lowest BCUT2D eigenvalue weighted by atomic mass is 10.2. The number of imidazole rings is 1. The molecule has 0 saturated carbocycles. The Morgan fingerprint density at radius 1 is 1.15 bits per heavy atom. The van der Waals surface area contributed by atoms with Gasteiger partial charge in [-0.3, -0.25) is 4.79 Å². The van der Waals surface area contributed by atoms with Gasteiger partial charge in [0.1, 0.15) is 12.4 Å². The van der Waals surface area contributed by atoms with Crippen LogP contribution < -0.4 is 5.73 Å². The number of nitrogens with two attached hydrogens (primary N) is 1. The van der Waals surface area contributed by atoms with E-state index in [2.05, 4.69) is 4.98 Å². The molecular formula is C15H12ClN3O. The summed E-state index contributed by atoms with van der Waals surface area (Å²) >= 11 is 5.90. The monoisotopic (exact) mass is 285 g/mol. The van der Waals surface area contributed by atoms with Crippen molar-refractivity contribution in [2.75, 3.05) is 0 Å². The van der Waals surface area contributed by atoms with Crippen LogP contribution in [0.3, 0.4) is 0 Å². The van der Waals surface area contributed by atoms with Crippen LogP contribution in [0.25, 0.3) is 22.4 Å². The molecular weight excluding hydrogens is 274 g/mol. The van der Waals surface area contributed by atoms with Crippen LogP contribution in [-0.4, -0.2) is 15.5 Å². The number of para-hydroxylation sites is 2. The first kappa shape index (κ1) is 12.7. The van der Waals surface area contributed by atoms with Crippen LogP contribution in [0.2, 0.25) is 5.02 Å². The van der Waals surface area contributed by atoms with Crippen LogP contribution in [-0.2, 0) is 11.3 Å². The summed E-state index contributed by atoms with van der Waals surface area (Å²) in [5.74, 6) is 0.310. The molecule has 3 rings (SSSR count). The van der Waals surface area contributed by atoms with Gasteiger partial charge in [0.25, 0.3) is 0 Å². The van der Waals surface area contributed by atoms with Crippen molar-refractivity contribution in [3.05, 3.63) is 53.6 Å². The second-order valence-corrected chi connectivity index (χ2v) is 4.92. The first-order chi connectivity index (χ1) is 9.65. The number of fused-ring (bicyclic) bond motifs is 1. The smallest absolute Gasteiger partial charge is 0.237 e. The molecule has 1 aromatic heterocycles. The highest BCUT2D eigenvalue weighted by Crippen LogP contribution is 2.25. The van der Waals surface area contributed by atoms with E-state index in [-0.39, 0.29) is 6.54 Å². The summed E-state index contributed by atoms with van der Waals surface area (Å²) in [6, 6.07) is 15.0. The number of aromatic nitrogens is 2. The fourth-order valence-corrected chi connectivity index (χ4v) is 2.34. The number of amides is 1. The van der Waals surface area contributed by atoms with Gasteiger partial charge >= 0.3 is 0 Å². The number of rotatable bonds is 3. The van der Waals surface area contributed by atoms with Crippen molar-refractivity contribution in [2.24, 2.45) is 5.73 Å². The predicted octanol–water partition coefficient (Wildman–Crippen LogP) is 2.84. The number of halogens is 1. The molecule has 0 aliphatic rings. The van der Waals surface area contributed by atoms with Gasteiger partial charge in [0, 0.05) is 10.6 Å². The summed E-state index contributed by atoms with van der Waals surface area (Å²) in [6.45, 7) is 0.0957. The molecule has 20 heavy (non-hydrogen) atoms. The lowest BCUT2D eigenvalue weighted by Crippen LogP contribution is -2.19. The SMILES string of the molecule is NC(=O)Cn1c(-c2ccc(Cl)cc2)nc2ccccc21. The number of primary amides is 1. The van der Waals surface area contributed by atoms with Gasteiger partial charge in [-0.05, 0) is 36.4 Å². The molecule has 0 atom stereocenters. The van der Waals surface area contributed by atoms with E-state index in [1.54, 1.807) is 12.1 Å². The Morgan fingerprint density at radius 3 is 2.55 bits per heavy atom. The predicted molar refractivity (Wildman–Crippen MR) is 79.4 cm³/mol. The number of carbonyl (C=O) groups is 1. The average Bonchev–Trinajstić information content (AvgIpc) is 2.78. The fraction of sp³-hybridized carbons (Fsp3) is 0.0667. The maximum Gasteiger partial charge on any atom is 0.237 e. The minimum atomic E-state index is -0.400.